The van der Waals surface area contributed by atoms with Crippen molar-refractivity contribution in [2.24, 2.45) is 0 Å². The number of halogens is 1. The molecule has 0 bridgehead atoms. The predicted molar refractivity (Wildman–Crippen MR) is 76.7 cm³/mol. The maximum absolute atomic E-state index is 5.39. The summed E-state index contributed by atoms with van der Waals surface area (Å²) in [7, 11) is 3.33. The molecule has 0 aliphatic carbocycles. The van der Waals surface area contributed by atoms with Gasteiger partial charge < -0.3 is 14.8 Å². The molecule has 0 saturated carbocycles. The second kappa shape index (κ2) is 5.49. The van der Waals surface area contributed by atoms with E-state index in [1.165, 1.54) is 5.56 Å². The molecule has 1 N–H and O–H groups in total. The molecular weight excluding hydrogens is 294 g/mol. The highest BCUT2D eigenvalue weighted by molar-refractivity contribution is 9.10. The molecule has 3 unspecified atom stereocenters. The average Bonchev–Trinajstić information content (AvgIpc) is 2.68. The van der Waals surface area contributed by atoms with E-state index in [9.17, 15) is 0 Å². The van der Waals surface area contributed by atoms with Crippen LogP contribution in [0.3, 0.4) is 0 Å². The Bertz CT molecular complexity index is 436. The Morgan fingerprint density at radius 1 is 1.17 bits per heavy atom. The summed E-state index contributed by atoms with van der Waals surface area (Å²) in [5.41, 5.74) is 1.29. The zero-order chi connectivity index (χ0) is 13.3. The summed E-state index contributed by atoms with van der Waals surface area (Å²) in [5.74, 6) is 2.07. The first kappa shape index (κ1) is 13.7. The number of rotatable bonds is 3. The Kier molecular flexibility index (Phi) is 4.17. The Hall–Kier alpha value is -0.740. The van der Waals surface area contributed by atoms with Gasteiger partial charge in [0.2, 0.25) is 0 Å². The zero-order valence-electron chi connectivity index (χ0n) is 11.3. The molecule has 1 aliphatic rings. The normalized spacial score (nSPS) is 27.3. The van der Waals surface area contributed by atoms with Crippen molar-refractivity contribution >= 4 is 15.9 Å². The summed E-state index contributed by atoms with van der Waals surface area (Å²) in [6.45, 7) is 4.46. The molecule has 1 heterocycles. The SMILES string of the molecule is COc1cc(Br)c(C2CC(C)NC2C)cc1OC. The number of hydrogen-bond donors (Lipinski definition) is 1. The van der Waals surface area contributed by atoms with Gasteiger partial charge in [-0.3, -0.25) is 0 Å². The van der Waals surface area contributed by atoms with Crippen LogP contribution in [0.5, 0.6) is 11.5 Å². The Balaban J connectivity index is 2.39. The van der Waals surface area contributed by atoms with Crippen LogP contribution in [0.1, 0.15) is 31.7 Å². The van der Waals surface area contributed by atoms with Crippen LogP contribution in [0, 0.1) is 0 Å². The largest absolute Gasteiger partial charge is 0.493 e. The van der Waals surface area contributed by atoms with Crippen molar-refractivity contribution in [1.82, 2.24) is 5.32 Å². The fraction of sp³-hybridized carbons (Fsp3) is 0.571. The molecule has 1 aromatic carbocycles. The minimum Gasteiger partial charge on any atom is -0.493 e. The van der Waals surface area contributed by atoms with Crippen molar-refractivity contribution in [2.75, 3.05) is 14.2 Å². The Morgan fingerprint density at radius 3 is 2.28 bits per heavy atom. The molecule has 1 aliphatic heterocycles. The van der Waals surface area contributed by atoms with Crippen LogP contribution < -0.4 is 14.8 Å². The van der Waals surface area contributed by atoms with E-state index in [4.69, 9.17) is 9.47 Å². The molecule has 2 rings (SSSR count). The molecule has 1 saturated heterocycles. The van der Waals surface area contributed by atoms with Gasteiger partial charge in [-0.15, -0.1) is 0 Å². The molecule has 1 aromatic rings. The summed E-state index contributed by atoms with van der Waals surface area (Å²) >= 11 is 3.65. The van der Waals surface area contributed by atoms with E-state index in [-0.39, 0.29) is 0 Å². The number of nitrogens with one attached hydrogen (secondary N) is 1. The lowest BCUT2D eigenvalue weighted by atomic mass is 9.91. The van der Waals surface area contributed by atoms with E-state index < -0.39 is 0 Å². The highest BCUT2D eigenvalue weighted by Crippen LogP contribution is 2.40. The average molecular weight is 314 g/mol. The summed E-state index contributed by atoms with van der Waals surface area (Å²) in [6, 6.07) is 5.12. The van der Waals surface area contributed by atoms with Crippen molar-refractivity contribution in [2.45, 2.75) is 38.3 Å². The van der Waals surface area contributed by atoms with Crippen LogP contribution >= 0.6 is 15.9 Å². The lowest BCUT2D eigenvalue weighted by Gasteiger charge is -2.19. The second-order valence-electron chi connectivity index (χ2n) is 4.93. The lowest BCUT2D eigenvalue weighted by Crippen LogP contribution is -2.26. The molecule has 0 aromatic heterocycles. The highest BCUT2D eigenvalue weighted by atomic mass is 79.9. The summed E-state index contributed by atoms with van der Waals surface area (Å²) in [5, 5.41) is 3.57. The van der Waals surface area contributed by atoms with E-state index in [0.717, 1.165) is 22.4 Å². The quantitative estimate of drug-likeness (QED) is 0.928. The number of benzene rings is 1. The first-order valence-corrected chi connectivity index (χ1v) is 7.03. The van der Waals surface area contributed by atoms with Crippen LogP contribution in [0.15, 0.2) is 16.6 Å². The zero-order valence-corrected chi connectivity index (χ0v) is 12.9. The van der Waals surface area contributed by atoms with Gasteiger partial charge in [0.25, 0.3) is 0 Å². The standard InChI is InChI=1S/C14H20BrNO2/c1-8-5-10(9(2)16-8)11-6-13(17-3)14(18-4)7-12(11)15/h6-10,16H,5H2,1-4H3. The van der Waals surface area contributed by atoms with Crippen LogP contribution in [0.2, 0.25) is 0 Å². The minimum absolute atomic E-state index is 0.481. The van der Waals surface area contributed by atoms with E-state index >= 15 is 0 Å². The van der Waals surface area contributed by atoms with E-state index in [2.05, 4.69) is 41.2 Å². The minimum atomic E-state index is 0.481. The summed E-state index contributed by atoms with van der Waals surface area (Å²) in [6.07, 6.45) is 1.15. The van der Waals surface area contributed by atoms with Gasteiger partial charge in [0, 0.05) is 22.5 Å². The third kappa shape index (κ3) is 2.50. The number of hydrogen-bond acceptors (Lipinski definition) is 3. The van der Waals surface area contributed by atoms with Gasteiger partial charge in [-0.2, -0.15) is 0 Å². The Labute approximate surface area is 117 Å². The fourth-order valence-electron chi connectivity index (χ4n) is 2.77. The maximum atomic E-state index is 5.39. The first-order chi connectivity index (χ1) is 8.56. The van der Waals surface area contributed by atoms with Gasteiger partial charge >= 0.3 is 0 Å². The molecule has 0 spiro atoms. The first-order valence-electron chi connectivity index (χ1n) is 6.24. The van der Waals surface area contributed by atoms with Crippen molar-refractivity contribution in [3.05, 3.63) is 22.2 Å². The van der Waals surface area contributed by atoms with E-state index in [0.29, 0.717) is 18.0 Å². The highest BCUT2D eigenvalue weighted by Gasteiger charge is 2.31. The van der Waals surface area contributed by atoms with Crippen LogP contribution in [-0.2, 0) is 0 Å². The second-order valence-corrected chi connectivity index (χ2v) is 5.78. The van der Waals surface area contributed by atoms with Gasteiger partial charge in [-0.25, -0.2) is 0 Å². The third-order valence-corrected chi connectivity index (χ3v) is 4.35. The summed E-state index contributed by atoms with van der Waals surface area (Å²) < 4.78 is 11.8. The van der Waals surface area contributed by atoms with Gasteiger partial charge in [0.05, 0.1) is 14.2 Å². The molecule has 18 heavy (non-hydrogen) atoms. The van der Waals surface area contributed by atoms with Crippen molar-refractivity contribution < 1.29 is 9.47 Å². The molecule has 0 radical (unpaired) electrons. The van der Waals surface area contributed by atoms with Crippen molar-refractivity contribution in [1.29, 1.82) is 0 Å². The van der Waals surface area contributed by atoms with Crippen molar-refractivity contribution in [3.63, 3.8) is 0 Å². The molecule has 0 amide bonds. The van der Waals surface area contributed by atoms with Crippen LogP contribution in [-0.4, -0.2) is 26.3 Å². The van der Waals surface area contributed by atoms with Crippen LogP contribution in [0.4, 0.5) is 0 Å². The molecule has 3 atom stereocenters. The van der Waals surface area contributed by atoms with E-state index in [1.54, 1.807) is 14.2 Å². The number of methoxy groups -OCH3 is 2. The van der Waals surface area contributed by atoms with E-state index in [1.807, 2.05) is 6.07 Å². The van der Waals surface area contributed by atoms with Gasteiger partial charge in [0.1, 0.15) is 0 Å². The Morgan fingerprint density at radius 2 is 1.78 bits per heavy atom. The van der Waals surface area contributed by atoms with Gasteiger partial charge in [-0.1, -0.05) is 15.9 Å². The summed E-state index contributed by atoms with van der Waals surface area (Å²) in [4.78, 5) is 0. The van der Waals surface area contributed by atoms with Crippen molar-refractivity contribution in [3.8, 4) is 11.5 Å². The molecule has 1 fully saturated rings. The predicted octanol–water partition coefficient (Wildman–Crippen LogP) is 3.32. The smallest absolute Gasteiger partial charge is 0.161 e. The monoisotopic (exact) mass is 313 g/mol. The lowest BCUT2D eigenvalue weighted by molar-refractivity contribution is 0.353. The molecule has 4 heteroatoms. The molecule has 100 valence electrons. The van der Waals surface area contributed by atoms with Gasteiger partial charge in [0.15, 0.2) is 11.5 Å². The third-order valence-electron chi connectivity index (χ3n) is 3.66. The number of ether oxygens (including phenoxy) is 2. The van der Waals surface area contributed by atoms with Gasteiger partial charge in [-0.05, 0) is 38.0 Å². The topological polar surface area (TPSA) is 30.5 Å². The molecule has 3 nitrogen and oxygen atoms in total. The van der Waals surface area contributed by atoms with Crippen LogP contribution in [0.25, 0.3) is 0 Å². The fourth-order valence-corrected chi connectivity index (χ4v) is 3.38. The maximum Gasteiger partial charge on any atom is 0.161 e. The molecular formula is C14H20BrNO2.